The first-order chi connectivity index (χ1) is 11.3. The molecule has 2 saturated heterocycles. The van der Waals surface area contributed by atoms with Gasteiger partial charge in [0, 0.05) is 19.0 Å². The third-order valence-corrected chi connectivity index (χ3v) is 6.07. The van der Waals surface area contributed by atoms with E-state index in [2.05, 4.69) is 25.0 Å². The molecule has 6 nitrogen and oxygen atoms in total. The number of aromatic amines is 1. The van der Waals surface area contributed by atoms with E-state index >= 15 is 0 Å². The van der Waals surface area contributed by atoms with Gasteiger partial charge in [-0.15, -0.1) is 0 Å². The lowest BCUT2D eigenvalue weighted by Crippen LogP contribution is -2.58. The fraction of sp³-hybridized carbons (Fsp3) is 0.824. The predicted molar refractivity (Wildman–Crippen MR) is 86.9 cm³/mol. The zero-order chi connectivity index (χ0) is 15.7. The molecule has 1 aromatic rings. The Balaban J connectivity index is 1.52. The van der Waals surface area contributed by atoms with Gasteiger partial charge in [-0.05, 0) is 51.6 Å². The van der Waals surface area contributed by atoms with Crippen LogP contribution in [0, 0.1) is 0 Å². The normalized spacial score (nSPS) is 28.3. The third kappa shape index (κ3) is 2.67. The largest absolute Gasteiger partial charge is 0.340 e. The van der Waals surface area contributed by atoms with Gasteiger partial charge >= 0.3 is 0 Å². The number of hydrogen-bond acceptors (Lipinski definition) is 4. The van der Waals surface area contributed by atoms with Gasteiger partial charge in [0.1, 0.15) is 17.7 Å². The van der Waals surface area contributed by atoms with Crippen molar-refractivity contribution in [3.63, 3.8) is 0 Å². The second-order valence-electron chi connectivity index (χ2n) is 7.39. The van der Waals surface area contributed by atoms with Gasteiger partial charge in [0.05, 0.1) is 0 Å². The number of aromatic nitrogens is 3. The first-order valence-corrected chi connectivity index (χ1v) is 9.19. The zero-order valence-electron chi connectivity index (χ0n) is 13.8. The highest BCUT2D eigenvalue weighted by Crippen LogP contribution is 2.40. The summed E-state index contributed by atoms with van der Waals surface area (Å²) < 4.78 is 0. The van der Waals surface area contributed by atoms with Crippen LogP contribution in [0.5, 0.6) is 0 Å². The number of carbonyl (C=O) groups excluding carboxylic acids is 1. The zero-order valence-corrected chi connectivity index (χ0v) is 13.8. The average molecular weight is 317 g/mol. The summed E-state index contributed by atoms with van der Waals surface area (Å²) in [6.45, 7) is 3.90. The quantitative estimate of drug-likeness (QED) is 0.925. The number of nitrogens with zero attached hydrogens (tertiary/aromatic N) is 4. The number of nitrogens with one attached hydrogen (secondary N) is 1. The number of piperidine rings is 1. The summed E-state index contributed by atoms with van der Waals surface area (Å²) in [6.07, 6.45) is 10.7. The van der Waals surface area contributed by atoms with Crippen LogP contribution in [0.1, 0.15) is 63.1 Å². The van der Waals surface area contributed by atoms with Crippen LogP contribution < -0.4 is 0 Å². The van der Waals surface area contributed by atoms with E-state index in [1.807, 2.05) is 0 Å². The van der Waals surface area contributed by atoms with Crippen LogP contribution >= 0.6 is 0 Å². The number of H-pyrrole nitrogens is 1. The molecule has 6 heteroatoms. The molecule has 0 radical (unpaired) electrons. The van der Waals surface area contributed by atoms with E-state index in [9.17, 15) is 4.79 Å². The van der Waals surface area contributed by atoms with Crippen LogP contribution in [-0.4, -0.2) is 62.6 Å². The second kappa shape index (κ2) is 6.23. The minimum absolute atomic E-state index is 0.195. The van der Waals surface area contributed by atoms with Gasteiger partial charge in [-0.25, -0.2) is 4.98 Å². The van der Waals surface area contributed by atoms with Crippen molar-refractivity contribution in [2.24, 2.45) is 0 Å². The Morgan fingerprint density at radius 2 is 1.91 bits per heavy atom. The summed E-state index contributed by atoms with van der Waals surface area (Å²) in [7, 11) is 0. The topological polar surface area (TPSA) is 65.1 Å². The van der Waals surface area contributed by atoms with Crippen LogP contribution in [0.4, 0.5) is 0 Å². The standard InChI is InChI=1S/C17H27N5O/c23-16(17(7-1-2-8-17)22-10-3-4-11-22)21-9-5-6-14(12-21)15-18-13-19-20-15/h13-14H,1-12H2,(H,18,19,20)/t14-/m0/s1. The summed E-state index contributed by atoms with van der Waals surface area (Å²) >= 11 is 0. The number of likely N-dealkylation sites (tertiary alicyclic amines) is 2. The molecule has 3 heterocycles. The molecule has 1 N–H and O–H groups in total. The maximum absolute atomic E-state index is 13.5. The first-order valence-electron chi connectivity index (χ1n) is 9.19. The molecule has 2 aliphatic heterocycles. The van der Waals surface area contributed by atoms with Gasteiger partial charge in [-0.1, -0.05) is 12.8 Å². The number of hydrogen-bond donors (Lipinski definition) is 1. The molecule has 0 bridgehead atoms. The molecule has 3 fully saturated rings. The Kier molecular flexibility index (Phi) is 4.09. The maximum Gasteiger partial charge on any atom is 0.243 e. The van der Waals surface area contributed by atoms with Gasteiger partial charge in [0.25, 0.3) is 0 Å². The van der Waals surface area contributed by atoms with Crippen LogP contribution in [-0.2, 0) is 4.79 Å². The highest BCUT2D eigenvalue weighted by molar-refractivity contribution is 5.87. The Hall–Kier alpha value is -1.43. The molecule has 1 aliphatic carbocycles. The van der Waals surface area contributed by atoms with Crippen LogP contribution in [0.15, 0.2) is 6.33 Å². The Bertz CT molecular complexity index is 531. The van der Waals surface area contributed by atoms with Crippen molar-refractivity contribution in [1.82, 2.24) is 25.0 Å². The Morgan fingerprint density at radius 3 is 2.61 bits per heavy atom. The van der Waals surface area contributed by atoms with Crippen molar-refractivity contribution >= 4 is 5.91 Å². The fourth-order valence-corrected chi connectivity index (χ4v) is 4.86. The van der Waals surface area contributed by atoms with Gasteiger partial charge in [-0.3, -0.25) is 14.8 Å². The van der Waals surface area contributed by atoms with E-state index in [1.165, 1.54) is 25.7 Å². The first kappa shape index (κ1) is 15.1. The van der Waals surface area contributed by atoms with Crippen LogP contribution in [0.25, 0.3) is 0 Å². The minimum atomic E-state index is -0.195. The predicted octanol–water partition coefficient (Wildman–Crippen LogP) is 1.92. The van der Waals surface area contributed by atoms with E-state index in [0.29, 0.717) is 11.8 Å². The van der Waals surface area contributed by atoms with Crippen molar-refractivity contribution in [2.45, 2.75) is 62.8 Å². The van der Waals surface area contributed by atoms with Crippen LogP contribution in [0.3, 0.4) is 0 Å². The SMILES string of the molecule is O=C(N1CCC[C@H](c2ncn[nH]2)C1)C1(N2CCCC2)CCCC1. The number of amides is 1. The molecule has 1 saturated carbocycles. The van der Waals surface area contributed by atoms with Gasteiger partial charge in [0.15, 0.2) is 0 Å². The maximum atomic E-state index is 13.5. The molecule has 23 heavy (non-hydrogen) atoms. The summed E-state index contributed by atoms with van der Waals surface area (Å²) in [5.41, 5.74) is -0.195. The Morgan fingerprint density at radius 1 is 1.13 bits per heavy atom. The smallest absolute Gasteiger partial charge is 0.243 e. The average Bonchev–Trinajstić information content (AvgIpc) is 3.36. The summed E-state index contributed by atoms with van der Waals surface area (Å²) in [5.74, 6) is 1.64. The highest BCUT2D eigenvalue weighted by atomic mass is 16.2. The molecular weight excluding hydrogens is 290 g/mol. The molecule has 4 rings (SSSR count). The second-order valence-corrected chi connectivity index (χ2v) is 7.39. The molecular formula is C17H27N5O. The van der Waals surface area contributed by atoms with Gasteiger partial charge in [-0.2, -0.15) is 5.10 Å². The van der Waals surface area contributed by atoms with E-state index < -0.39 is 0 Å². The minimum Gasteiger partial charge on any atom is -0.340 e. The number of rotatable bonds is 3. The summed E-state index contributed by atoms with van der Waals surface area (Å²) in [4.78, 5) is 22.4. The van der Waals surface area contributed by atoms with E-state index in [-0.39, 0.29) is 5.54 Å². The molecule has 0 aromatic carbocycles. The molecule has 1 aromatic heterocycles. The molecule has 1 amide bonds. The van der Waals surface area contributed by atoms with Crippen molar-refractivity contribution in [2.75, 3.05) is 26.2 Å². The van der Waals surface area contributed by atoms with Crippen molar-refractivity contribution in [3.8, 4) is 0 Å². The van der Waals surface area contributed by atoms with E-state index in [0.717, 1.165) is 57.7 Å². The summed E-state index contributed by atoms with van der Waals surface area (Å²) in [5, 5.41) is 6.96. The van der Waals surface area contributed by atoms with Gasteiger partial charge < -0.3 is 4.90 Å². The monoisotopic (exact) mass is 317 g/mol. The molecule has 0 spiro atoms. The van der Waals surface area contributed by atoms with E-state index in [4.69, 9.17) is 0 Å². The third-order valence-electron chi connectivity index (χ3n) is 6.07. The van der Waals surface area contributed by atoms with Crippen molar-refractivity contribution in [3.05, 3.63) is 12.2 Å². The fourth-order valence-electron chi connectivity index (χ4n) is 4.86. The molecule has 0 unspecified atom stereocenters. The highest BCUT2D eigenvalue weighted by Gasteiger charge is 2.49. The number of carbonyl (C=O) groups is 1. The lowest BCUT2D eigenvalue weighted by Gasteiger charge is -2.43. The van der Waals surface area contributed by atoms with E-state index in [1.54, 1.807) is 6.33 Å². The molecule has 126 valence electrons. The molecule has 3 aliphatic rings. The summed E-state index contributed by atoms with van der Waals surface area (Å²) in [6, 6.07) is 0. The van der Waals surface area contributed by atoms with Crippen molar-refractivity contribution in [1.29, 1.82) is 0 Å². The lowest BCUT2D eigenvalue weighted by molar-refractivity contribution is -0.145. The molecule has 1 atom stereocenters. The van der Waals surface area contributed by atoms with Crippen molar-refractivity contribution < 1.29 is 4.79 Å². The van der Waals surface area contributed by atoms with Crippen LogP contribution in [0.2, 0.25) is 0 Å². The Labute approximate surface area is 137 Å². The lowest BCUT2D eigenvalue weighted by atomic mass is 9.90. The van der Waals surface area contributed by atoms with Gasteiger partial charge in [0.2, 0.25) is 5.91 Å².